The molecular formula is C8H9Cl2NO. The van der Waals surface area contributed by atoms with E-state index in [1.54, 1.807) is 11.0 Å². The molecule has 0 bridgehead atoms. The maximum atomic E-state index is 9.46. The first-order valence-electron chi connectivity index (χ1n) is 3.37. The van der Waals surface area contributed by atoms with Gasteiger partial charge in [0.15, 0.2) is 5.75 Å². The highest BCUT2D eigenvalue weighted by molar-refractivity contribution is 6.36. The smallest absolute Gasteiger partial charge is 0.157 e. The van der Waals surface area contributed by atoms with Crippen LogP contribution in [0.15, 0.2) is 12.1 Å². The summed E-state index contributed by atoms with van der Waals surface area (Å²) >= 11 is 11.4. The van der Waals surface area contributed by atoms with E-state index in [2.05, 4.69) is 0 Å². The van der Waals surface area contributed by atoms with Gasteiger partial charge in [0.1, 0.15) is 0 Å². The second-order valence-corrected chi connectivity index (χ2v) is 3.49. The Morgan fingerprint density at radius 3 is 2.33 bits per heavy atom. The molecule has 0 saturated heterocycles. The van der Waals surface area contributed by atoms with Gasteiger partial charge >= 0.3 is 0 Å². The van der Waals surface area contributed by atoms with Crippen molar-refractivity contribution in [2.24, 2.45) is 0 Å². The molecule has 0 aliphatic carbocycles. The molecule has 1 aromatic carbocycles. The van der Waals surface area contributed by atoms with Crippen LogP contribution < -0.4 is 4.90 Å². The molecule has 0 amide bonds. The maximum absolute atomic E-state index is 9.46. The van der Waals surface area contributed by atoms with Gasteiger partial charge in [0, 0.05) is 19.1 Å². The predicted molar refractivity (Wildman–Crippen MR) is 52.5 cm³/mol. The number of phenols is 1. The van der Waals surface area contributed by atoms with Gasteiger partial charge in [-0.3, -0.25) is 0 Å². The van der Waals surface area contributed by atoms with Gasteiger partial charge in [0.25, 0.3) is 0 Å². The van der Waals surface area contributed by atoms with E-state index in [1.165, 1.54) is 6.07 Å². The molecule has 0 aliphatic heterocycles. The number of nitrogens with zero attached hydrogens (tertiary/aromatic N) is 1. The molecule has 0 heterocycles. The third-order valence-corrected chi connectivity index (χ3v) is 2.00. The van der Waals surface area contributed by atoms with Gasteiger partial charge in [-0.25, -0.2) is 0 Å². The zero-order valence-corrected chi connectivity index (χ0v) is 8.32. The number of phenolic OH excluding ortho intramolecular Hbond substituents is 1. The number of anilines is 1. The first kappa shape index (κ1) is 9.49. The summed E-state index contributed by atoms with van der Waals surface area (Å²) in [7, 11) is 3.61. The summed E-state index contributed by atoms with van der Waals surface area (Å²) in [5, 5.41) is 10.2. The molecule has 66 valence electrons. The van der Waals surface area contributed by atoms with Crippen molar-refractivity contribution in [1.29, 1.82) is 0 Å². The summed E-state index contributed by atoms with van der Waals surface area (Å²) in [6, 6.07) is 3.16. The Bertz CT molecular complexity index is 299. The van der Waals surface area contributed by atoms with E-state index in [0.717, 1.165) is 0 Å². The number of hydrogen-bond acceptors (Lipinski definition) is 2. The van der Waals surface area contributed by atoms with Gasteiger partial charge in [-0.2, -0.15) is 0 Å². The van der Waals surface area contributed by atoms with Crippen LogP contribution in [0.25, 0.3) is 0 Å². The molecule has 4 heteroatoms. The molecule has 0 aliphatic rings. The van der Waals surface area contributed by atoms with Gasteiger partial charge in [0.05, 0.1) is 10.7 Å². The van der Waals surface area contributed by atoms with Crippen LogP contribution in [-0.2, 0) is 0 Å². The summed E-state index contributed by atoms with van der Waals surface area (Å²) < 4.78 is 0. The maximum Gasteiger partial charge on any atom is 0.157 e. The number of hydrogen-bond donors (Lipinski definition) is 1. The molecule has 0 saturated carbocycles. The zero-order valence-electron chi connectivity index (χ0n) is 6.81. The third kappa shape index (κ3) is 1.76. The van der Waals surface area contributed by atoms with Gasteiger partial charge in [-0.15, -0.1) is 0 Å². The van der Waals surface area contributed by atoms with Crippen molar-refractivity contribution in [2.75, 3.05) is 19.0 Å². The Morgan fingerprint density at radius 1 is 1.25 bits per heavy atom. The fourth-order valence-corrected chi connectivity index (χ4v) is 1.38. The van der Waals surface area contributed by atoms with Gasteiger partial charge in [0.2, 0.25) is 0 Å². The van der Waals surface area contributed by atoms with Gasteiger partial charge in [-0.1, -0.05) is 23.2 Å². The van der Waals surface area contributed by atoms with Gasteiger partial charge in [-0.05, 0) is 12.1 Å². The average molecular weight is 206 g/mol. The van der Waals surface area contributed by atoms with E-state index in [9.17, 15) is 5.11 Å². The van der Waals surface area contributed by atoms with Crippen molar-refractivity contribution in [1.82, 2.24) is 0 Å². The highest BCUT2D eigenvalue weighted by atomic mass is 35.5. The van der Waals surface area contributed by atoms with Crippen molar-refractivity contribution in [3.63, 3.8) is 0 Å². The number of aromatic hydroxyl groups is 1. The van der Waals surface area contributed by atoms with Crippen molar-refractivity contribution >= 4 is 28.9 Å². The molecule has 0 unspecified atom stereocenters. The number of halogens is 2. The standard InChI is InChI=1S/C8H9Cl2NO/c1-11(2)7-4-5(9)3-6(10)8(7)12/h3-4,12H,1-2H3. The van der Waals surface area contributed by atoms with Crippen LogP contribution in [0.2, 0.25) is 10.0 Å². The molecule has 0 radical (unpaired) electrons. The lowest BCUT2D eigenvalue weighted by Crippen LogP contribution is -2.08. The van der Waals surface area contributed by atoms with Crippen molar-refractivity contribution in [3.8, 4) is 5.75 Å². The Hall–Kier alpha value is -0.600. The molecule has 1 N–H and O–H groups in total. The molecule has 2 nitrogen and oxygen atoms in total. The quantitative estimate of drug-likeness (QED) is 0.763. The lowest BCUT2D eigenvalue weighted by Gasteiger charge is -2.15. The third-order valence-electron chi connectivity index (χ3n) is 1.49. The van der Waals surface area contributed by atoms with Crippen molar-refractivity contribution < 1.29 is 5.11 Å². The summed E-state index contributed by atoms with van der Waals surface area (Å²) in [5.41, 5.74) is 0.618. The second kappa shape index (κ2) is 3.42. The molecule has 0 atom stereocenters. The minimum atomic E-state index is 0.0612. The van der Waals surface area contributed by atoms with Crippen LogP contribution in [0.5, 0.6) is 5.75 Å². The van der Waals surface area contributed by atoms with Crippen LogP contribution in [-0.4, -0.2) is 19.2 Å². The van der Waals surface area contributed by atoms with E-state index in [1.807, 2.05) is 14.1 Å². The lowest BCUT2D eigenvalue weighted by atomic mass is 10.3. The van der Waals surface area contributed by atoms with Gasteiger partial charge < -0.3 is 10.0 Å². The predicted octanol–water partition coefficient (Wildman–Crippen LogP) is 2.77. The topological polar surface area (TPSA) is 23.5 Å². The molecule has 1 aromatic rings. The average Bonchev–Trinajstić information content (AvgIpc) is 1.96. The summed E-state index contributed by atoms with van der Waals surface area (Å²) in [6.45, 7) is 0. The van der Waals surface area contributed by atoms with Crippen LogP contribution >= 0.6 is 23.2 Å². The Kier molecular flexibility index (Phi) is 2.70. The molecule has 0 fully saturated rings. The van der Waals surface area contributed by atoms with Crippen LogP contribution in [0, 0.1) is 0 Å². The Labute approximate surface area is 81.3 Å². The molecule has 0 spiro atoms. The van der Waals surface area contributed by atoms with Crippen molar-refractivity contribution in [2.45, 2.75) is 0 Å². The second-order valence-electron chi connectivity index (χ2n) is 2.65. The Morgan fingerprint density at radius 2 is 1.83 bits per heavy atom. The molecule has 0 aromatic heterocycles. The minimum absolute atomic E-state index is 0.0612. The van der Waals surface area contributed by atoms with E-state index in [4.69, 9.17) is 23.2 Å². The normalized spacial score (nSPS) is 10.0. The van der Waals surface area contributed by atoms with E-state index in [0.29, 0.717) is 10.7 Å². The summed E-state index contributed by atoms with van der Waals surface area (Å²) in [6.07, 6.45) is 0. The van der Waals surface area contributed by atoms with Crippen LogP contribution in [0.1, 0.15) is 0 Å². The first-order chi connectivity index (χ1) is 5.52. The van der Waals surface area contributed by atoms with E-state index >= 15 is 0 Å². The largest absolute Gasteiger partial charge is 0.504 e. The van der Waals surface area contributed by atoms with E-state index in [-0.39, 0.29) is 10.8 Å². The van der Waals surface area contributed by atoms with Crippen LogP contribution in [0.3, 0.4) is 0 Å². The highest BCUT2D eigenvalue weighted by Gasteiger charge is 2.08. The minimum Gasteiger partial charge on any atom is -0.504 e. The molecule has 1 rings (SSSR count). The molecular weight excluding hydrogens is 197 g/mol. The SMILES string of the molecule is CN(C)c1cc(Cl)cc(Cl)c1O. The fourth-order valence-electron chi connectivity index (χ4n) is 0.893. The number of rotatable bonds is 1. The van der Waals surface area contributed by atoms with E-state index < -0.39 is 0 Å². The monoisotopic (exact) mass is 205 g/mol. The highest BCUT2D eigenvalue weighted by Crippen LogP contribution is 2.36. The molecule has 12 heavy (non-hydrogen) atoms. The summed E-state index contributed by atoms with van der Waals surface area (Å²) in [4.78, 5) is 1.74. The van der Waals surface area contributed by atoms with Crippen molar-refractivity contribution in [3.05, 3.63) is 22.2 Å². The Balaban J connectivity index is 3.28. The zero-order chi connectivity index (χ0) is 9.30. The number of benzene rings is 1. The summed E-state index contributed by atoms with van der Waals surface area (Å²) in [5.74, 6) is 0.0612. The fraction of sp³-hybridized carbons (Fsp3) is 0.250. The van der Waals surface area contributed by atoms with Crippen LogP contribution in [0.4, 0.5) is 5.69 Å². The first-order valence-corrected chi connectivity index (χ1v) is 4.13. The lowest BCUT2D eigenvalue weighted by molar-refractivity contribution is 0.476.